The standard InChI is InChI=1S/C16H14F2N2O3/c1-9-3-2-4-13(21)15(9)20-14(22)8-19-16(23)10-5-11(17)7-12(18)6-10/h2-7,21H,8H2,1H3,(H,19,23)(H,20,22). The minimum atomic E-state index is -0.885. The monoisotopic (exact) mass is 320 g/mol. The second-order valence-electron chi connectivity index (χ2n) is 4.86. The molecule has 0 spiro atoms. The van der Waals surface area contributed by atoms with Gasteiger partial charge in [-0.15, -0.1) is 0 Å². The van der Waals surface area contributed by atoms with Gasteiger partial charge < -0.3 is 15.7 Å². The third kappa shape index (κ3) is 4.26. The molecule has 0 saturated carbocycles. The van der Waals surface area contributed by atoms with E-state index in [2.05, 4.69) is 10.6 Å². The molecule has 2 rings (SSSR count). The molecule has 0 unspecified atom stereocenters. The number of hydrogen-bond donors (Lipinski definition) is 3. The van der Waals surface area contributed by atoms with Crippen LogP contribution in [0.25, 0.3) is 0 Å². The molecule has 2 aromatic rings. The minimum Gasteiger partial charge on any atom is -0.506 e. The summed E-state index contributed by atoms with van der Waals surface area (Å²) in [6.07, 6.45) is 0. The lowest BCUT2D eigenvalue weighted by Gasteiger charge is -2.11. The average molecular weight is 320 g/mol. The molecule has 0 fully saturated rings. The highest BCUT2D eigenvalue weighted by molar-refractivity contribution is 6.00. The number of phenols is 1. The largest absolute Gasteiger partial charge is 0.506 e. The number of rotatable bonds is 4. The first kappa shape index (κ1) is 16.4. The second-order valence-corrected chi connectivity index (χ2v) is 4.86. The molecule has 0 bridgehead atoms. The number of hydrogen-bond acceptors (Lipinski definition) is 3. The van der Waals surface area contributed by atoms with Gasteiger partial charge >= 0.3 is 0 Å². The van der Waals surface area contributed by atoms with E-state index in [1.807, 2.05) is 0 Å². The van der Waals surface area contributed by atoms with Gasteiger partial charge in [-0.3, -0.25) is 9.59 Å². The van der Waals surface area contributed by atoms with E-state index >= 15 is 0 Å². The van der Waals surface area contributed by atoms with Crippen molar-refractivity contribution >= 4 is 17.5 Å². The van der Waals surface area contributed by atoms with Gasteiger partial charge in [0.15, 0.2) is 0 Å². The van der Waals surface area contributed by atoms with Crippen molar-refractivity contribution in [3.8, 4) is 5.75 Å². The van der Waals surface area contributed by atoms with Crippen LogP contribution in [0.3, 0.4) is 0 Å². The Morgan fingerprint density at radius 2 is 1.78 bits per heavy atom. The smallest absolute Gasteiger partial charge is 0.251 e. The van der Waals surface area contributed by atoms with E-state index in [0.717, 1.165) is 12.1 Å². The fourth-order valence-electron chi connectivity index (χ4n) is 1.95. The van der Waals surface area contributed by atoms with E-state index in [0.29, 0.717) is 11.6 Å². The quantitative estimate of drug-likeness (QED) is 0.757. The number of carbonyl (C=O) groups excluding carboxylic acids is 2. The number of phenolic OH excluding ortho intramolecular Hbond substituents is 1. The molecule has 5 nitrogen and oxygen atoms in total. The number of carbonyl (C=O) groups is 2. The van der Waals surface area contributed by atoms with Crippen LogP contribution in [-0.2, 0) is 4.79 Å². The molecule has 0 aromatic heterocycles. The molecule has 0 saturated heterocycles. The van der Waals surface area contributed by atoms with Crippen molar-refractivity contribution in [2.75, 3.05) is 11.9 Å². The zero-order valence-corrected chi connectivity index (χ0v) is 12.2. The van der Waals surface area contributed by atoms with Crippen LogP contribution in [0.4, 0.5) is 14.5 Å². The lowest BCUT2D eigenvalue weighted by Crippen LogP contribution is -2.33. The van der Waals surface area contributed by atoms with Gasteiger partial charge in [-0.05, 0) is 30.7 Å². The number of aryl methyl sites for hydroxylation is 1. The van der Waals surface area contributed by atoms with Crippen molar-refractivity contribution in [2.45, 2.75) is 6.92 Å². The number of aromatic hydroxyl groups is 1. The molecule has 3 N–H and O–H groups in total. The predicted molar refractivity (Wildman–Crippen MR) is 80.2 cm³/mol. The van der Waals surface area contributed by atoms with E-state index in [4.69, 9.17) is 0 Å². The van der Waals surface area contributed by atoms with Crippen molar-refractivity contribution in [2.24, 2.45) is 0 Å². The molecule has 0 heterocycles. The topological polar surface area (TPSA) is 78.4 Å². The first-order valence-electron chi connectivity index (χ1n) is 6.69. The minimum absolute atomic E-state index is 0.100. The van der Waals surface area contributed by atoms with Crippen molar-refractivity contribution in [3.05, 3.63) is 59.2 Å². The highest BCUT2D eigenvalue weighted by atomic mass is 19.1. The normalized spacial score (nSPS) is 10.2. The number of amides is 2. The Labute approximate surface area is 130 Å². The van der Waals surface area contributed by atoms with Gasteiger partial charge in [-0.25, -0.2) is 8.78 Å². The molecular weight excluding hydrogens is 306 g/mol. The summed E-state index contributed by atoms with van der Waals surface area (Å²) >= 11 is 0. The summed E-state index contributed by atoms with van der Waals surface area (Å²) in [5.41, 5.74) is 0.662. The van der Waals surface area contributed by atoms with Gasteiger partial charge in [0.1, 0.15) is 17.4 Å². The molecule has 23 heavy (non-hydrogen) atoms. The molecule has 0 radical (unpaired) electrons. The van der Waals surface area contributed by atoms with E-state index in [1.54, 1.807) is 19.1 Å². The summed E-state index contributed by atoms with van der Waals surface area (Å²) in [7, 11) is 0. The SMILES string of the molecule is Cc1cccc(O)c1NC(=O)CNC(=O)c1cc(F)cc(F)c1. The number of nitrogens with one attached hydrogen (secondary N) is 2. The lowest BCUT2D eigenvalue weighted by molar-refractivity contribution is -0.115. The van der Waals surface area contributed by atoms with Crippen LogP contribution in [0.1, 0.15) is 15.9 Å². The maximum absolute atomic E-state index is 13.0. The molecule has 0 atom stereocenters. The molecule has 120 valence electrons. The number of para-hydroxylation sites is 1. The van der Waals surface area contributed by atoms with Gasteiger partial charge in [0.2, 0.25) is 5.91 Å². The molecule has 0 aliphatic rings. The Balaban J connectivity index is 1.97. The van der Waals surface area contributed by atoms with E-state index in [-0.39, 0.29) is 17.0 Å². The highest BCUT2D eigenvalue weighted by Gasteiger charge is 2.12. The number of benzene rings is 2. The Morgan fingerprint density at radius 3 is 2.39 bits per heavy atom. The van der Waals surface area contributed by atoms with Crippen LogP contribution in [-0.4, -0.2) is 23.5 Å². The van der Waals surface area contributed by atoms with E-state index < -0.39 is 30.0 Å². The molecule has 2 amide bonds. The van der Waals surface area contributed by atoms with Gasteiger partial charge in [-0.2, -0.15) is 0 Å². The fraction of sp³-hybridized carbons (Fsp3) is 0.125. The average Bonchev–Trinajstić information content (AvgIpc) is 2.47. The summed E-state index contributed by atoms with van der Waals surface area (Å²) in [4.78, 5) is 23.6. The van der Waals surface area contributed by atoms with Crippen molar-refractivity contribution < 1.29 is 23.5 Å². The van der Waals surface area contributed by atoms with Gasteiger partial charge in [0.05, 0.1) is 12.2 Å². The summed E-state index contributed by atoms with van der Waals surface area (Å²) in [5.74, 6) is -3.24. The summed E-state index contributed by atoms with van der Waals surface area (Å²) < 4.78 is 26.1. The maximum Gasteiger partial charge on any atom is 0.251 e. The lowest BCUT2D eigenvalue weighted by atomic mass is 10.2. The van der Waals surface area contributed by atoms with Crippen LogP contribution in [0, 0.1) is 18.6 Å². The second kappa shape index (κ2) is 6.87. The van der Waals surface area contributed by atoms with Crippen molar-refractivity contribution in [1.29, 1.82) is 0 Å². The number of anilines is 1. The predicted octanol–water partition coefficient (Wildman–Crippen LogP) is 2.35. The van der Waals surface area contributed by atoms with Crippen LogP contribution in [0.15, 0.2) is 36.4 Å². The molecule has 7 heteroatoms. The van der Waals surface area contributed by atoms with Gasteiger partial charge in [-0.1, -0.05) is 12.1 Å². The Morgan fingerprint density at radius 1 is 1.13 bits per heavy atom. The molecule has 0 aliphatic heterocycles. The maximum atomic E-state index is 13.0. The third-order valence-corrected chi connectivity index (χ3v) is 3.05. The third-order valence-electron chi connectivity index (χ3n) is 3.05. The first-order chi connectivity index (χ1) is 10.9. The summed E-state index contributed by atoms with van der Waals surface area (Å²) in [5, 5.41) is 14.4. The Kier molecular flexibility index (Phi) is 4.90. The zero-order chi connectivity index (χ0) is 17.0. The van der Waals surface area contributed by atoms with Crippen LogP contribution >= 0.6 is 0 Å². The fourth-order valence-corrected chi connectivity index (χ4v) is 1.95. The number of halogens is 2. The van der Waals surface area contributed by atoms with E-state index in [1.165, 1.54) is 6.07 Å². The van der Waals surface area contributed by atoms with Crippen LogP contribution in [0.2, 0.25) is 0 Å². The zero-order valence-electron chi connectivity index (χ0n) is 12.2. The van der Waals surface area contributed by atoms with Crippen molar-refractivity contribution in [1.82, 2.24) is 5.32 Å². The van der Waals surface area contributed by atoms with Crippen LogP contribution < -0.4 is 10.6 Å². The molecule has 2 aromatic carbocycles. The van der Waals surface area contributed by atoms with Gasteiger partial charge in [0.25, 0.3) is 5.91 Å². The molecule has 0 aliphatic carbocycles. The Hall–Kier alpha value is -2.96. The highest BCUT2D eigenvalue weighted by Crippen LogP contribution is 2.26. The summed E-state index contributed by atoms with van der Waals surface area (Å²) in [6.45, 7) is 1.29. The Bertz CT molecular complexity index is 722. The molecular formula is C16H14F2N2O3. The van der Waals surface area contributed by atoms with Crippen molar-refractivity contribution in [3.63, 3.8) is 0 Å². The van der Waals surface area contributed by atoms with E-state index in [9.17, 15) is 23.5 Å². The van der Waals surface area contributed by atoms with Crippen LogP contribution in [0.5, 0.6) is 5.75 Å². The summed E-state index contributed by atoms with van der Waals surface area (Å²) in [6, 6.07) is 7.11. The first-order valence-corrected chi connectivity index (χ1v) is 6.69. The van der Waals surface area contributed by atoms with Gasteiger partial charge in [0, 0.05) is 11.6 Å².